The SMILES string of the molecule is CO[C@H]1C[C@@H]2CC[C@@H](C)[C@@](O)(O2)C(=O)C(=O)N2CCCC[C@H]2C(=O)O[C@H]([C@@H](C)C[C@@H]2CC[C@@H](OCCO)[C@H](OC)C2)CC(=O)[C@H](C)/C=C(\C)[C@@H](O)[C@@H](OC)C(=O)[C@H](C)C[C@H](C)\C=C/C=C/C=C/1C. The number of ketones is 3. The lowest BCUT2D eigenvalue weighted by atomic mass is 9.78. The van der Waals surface area contributed by atoms with Gasteiger partial charge in [-0.15, -0.1) is 0 Å². The molecule has 1 amide bonds. The normalized spacial score (nSPS) is 39.2. The molecule has 0 aromatic rings. The third kappa shape index (κ3) is 15.3. The lowest BCUT2D eigenvalue weighted by molar-refractivity contribution is -0.265. The summed E-state index contributed by atoms with van der Waals surface area (Å²) in [6, 6.07) is -1.14. The summed E-state index contributed by atoms with van der Waals surface area (Å²) in [7, 11) is 4.58. The minimum atomic E-state index is -2.43. The maximum Gasteiger partial charge on any atom is 0.329 e. The lowest BCUT2D eigenvalue weighted by Gasteiger charge is -2.42. The number of fused-ring (bicyclic) bond motifs is 3. The number of allylic oxidation sites excluding steroid dienone is 6. The van der Waals surface area contributed by atoms with Crippen LogP contribution in [0.15, 0.2) is 47.6 Å². The molecule has 4 rings (SSSR count). The van der Waals surface area contributed by atoms with E-state index in [1.54, 1.807) is 41.1 Å². The van der Waals surface area contributed by atoms with Crippen molar-refractivity contribution in [3.63, 3.8) is 0 Å². The van der Waals surface area contributed by atoms with Crippen LogP contribution in [0.3, 0.4) is 0 Å². The zero-order chi connectivity index (χ0) is 50.3. The summed E-state index contributed by atoms with van der Waals surface area (Å²) in [5, 5.41) is 32.8. The minimum absolute atomic E-state index is 0.0158. The van der Waals surface area contributed by atoms with Crippen LogP contribution in [0.2, 0.25) is 0 Å². The van der Waals surface area contributed by atoms with E-state index in [0.717, 1.165) is 12.0 Å². The van der Waals surface area contributed by atoms with Crippen LogP contribution in [0.5, 0.6) is 0 Å². The number of piperidine rings is 1. The van der Waals surface area contributed by atoms with Gasteiger partial charge in [0.15, 0.2) is 5.78 Å². The highest BCUT2D eigenvalue weighted by Gasteiger charge is 2.53. The first kappa shape index (κ1) is 57.2. The van der Waals surface area contributed by atoms with Crippen molar-refractivity contribution in [2.24, 2.45) is 35.5 Å². The third-order valence-electron chi connectivity index (χ3n) is 14.9. The molecule has 15 nitrogen and oxygen atoms in total. The first-order valence-corrected chi connectivity index (χ1v) is 25.0. The molecule has 384 valence electrons. The van der Waals surface area contributed by atoms with Crippen molar-refractivity contribution in [1.82, 2.24) is 4.90 Å². The minimum Gasteiger partial charge on any atom is -0.460 e. The van der Waals surface area contributed by atoms with Gasteiger partial charge in [-0.1, -0.05) is 71.1 Å². The summed E-state index contributed by atoms with van der Waals surface area (Å²) < 4.78 is 35.6. The van der Waals surface area contributed by atoms with Crippen LogP contribution in [0.25, 0.3) is 0 Å². The topological polar surface area (TPSA) is 205 Å². The fourth-order valence-corrected chi connectivity index (χ4v) is 10.5. The molecule has 0 aromatic heterocycles. The first-order chi connectivity index (χ1) is 32.3. The number of rotatable bonds is 9. The summed E-state index contributed by atoms with van der Waals surface area (Å²) in [4.78, 5) is 72.1. The third-order valence-corrected chi connectivity index (χ3v) is 14.9. The molecule has 3 fully saturated rings. The Morgan fingerprint density at radius 1 is 0.853 bits per heavy atom. The molecule has 3 aliphatic heterocycles. The Morgan fingerprint density at radius 3 is 2.26 bits per heavy atom. The molecule has 15 atom stereocenters. The van der Waals surface area contributed by atoms with Crippen LogP contribution in [0, 0.1) is 35.5 Å². The first-order valence-electron chi connectivity index (χ1n) is 25.0. The predicted molar refractivity (Wildman–Crippen MR) is 256 cm³/mol. The summed E-state index contributed by atoms with van der Waals surface area (Å²) >= 11 is 0. The second kappa shape index (κ2) is 27.3. The molecule has 68 heavy (non-hydrogen) atoms. The number of ether oxygens (including phenoxy) is 6. The molecule has 2 saturated heterocycles. The van der Waals surface area contributed by atoms with Crippen molar-refractivity contribution < 1.29 is 67.7 Å². The number of methoxy groups -OCH3 is 3. The molecule has 0 radical (unpaired) electrons. The van der Waals surface area contributed by atoms with E-state index < -0.39 is 77.8 Å². The van der Waals surface area contributed by atoms with Gasteiger partial charge in [-0.25, -0.2) is 4.79 Å². The molecule has 0 unspecified atom stereocenters. The van der Waals surface area contributed by atoms with Crippen LogP contribution in [-0.4, -0.2) is 145 Å². The van der Waals surface area contributed by atoms with Crippen molar-refractivity contribution in [1.29, 1.82) is 0 Å². The van der Waals surface area contributed by atoms with Gasteiger partial charge in [0, 0.05) is 58.5 Å². The Balaban J connectivity index is 1.70. The van der Waals surface area contributed by atoms with Gasteiger partial charge in [0.05, 0.1) is 37.6 Å². The Labute approximate surface area is 405 Å². The Morgan fingerprint density at radius 2 is 1.59 bits per heavy atom. The lowest BCUT2D eigenvalue weighted by Crippen LogP contribution is -2.61. The molecule has 2 bridgehead atoms. The number of carbonyl (C=O) groups is 5. The molecular formula is C53H83NO14. The molecule has 1 saturated carbocycles. The van der Waals surface area contributed by atoms with Crippen molar-refractivity contribution in [3.05, 3.63) is 47.6 Å². The summed E-state index contributed by atoms with van der Waals surface area (Å²) in [6.45, 7) is 12.9. The largest absolute Gasteiger partial charge is 0.460 e. The van der Waals surface area contributed by atoms with E-state index in [2.05, 4.69) is 0 Å². The maximum atomic E-state index is 14.5. The number of hydrogen-bond donors (Lipinski definition) is 3. The zero-order valence-corrected chi connectivity index (χ0v) is 42.4. The highest BCUT2D eigenvalue weighted by atomic mass is 16.6. The maximum absolute atomic E-state index is 14.5. The second-order valence-electron chi connectivity index (χ2n) is 20.2. The molecule has 1 aliphatic carbocycles. The summed E-state index contributed by atoms with van der Waals surface area (Å²) in [6.07, 6.45) is 12.0. The molecule has 3 N–H and O–H groups in total. The van der Waals surface area contributed by atoms with Crippen molar-refractivity contribution in [2.45, 2.75) is 180 Å². The molecule has 0 spiro atoms. The van der Waals surface area contributed by atoms with E-state index in [-0.39, 0.29) is 74.1 Å². The van der Waals surface area contributed by atoms with E-state index in [0.29, 0.717) is 63.4 Å². The van der Waals surface area contributed by atoms with Crippen LogP contribution in [-0.2, 0) is 52.4 Å². The number of esters is 1. The number of nitrogens with zero attached hydrogens (tertiary/aromatic N) is 1. The van der Waals surface area contributed by atoms with Gasteiger partial charge >= 0.3 is 5.97 Å². The molecular weight excluding hydrogens is 875 g/mol. The average molecular weight is 958 g/mol. The number of carbonyl (C=O) groups excluding carboxylic acids is 5. The quantitative estimate of drug-likeness (QED) is 0.134. The molecule has 15 heteroatoms. The molecule has 4 aliphatic rings. The van der Waals surface area contributed by atoms with Crippen molar-refractivity contribution in [2.75, 3.05) is 41.1 Å². The fourth-order valence-electron chi connectivity index (χ4n) is 10.5. The average Bonchev–Trinajstić information content (AvgIpc) is 3.32. The Bertz CT molecular complexity index is 1810. The number of Topliss-reactive ketones (excluding diaryl/α,β-unsaturated/α-hetero) is 3. The van der Waals surface area contributed by atoms with Crippen LogP contribution < -0.4 is 0 Å². The van der Waals surface area contributed by atoms with Gasteiger partial charge in [-0.05, 0) is 107 Å². The van der Waals surface area contributed by atoms with Gasteiger partial charge in [-0.3, -0.25) is 19.2 Å². The van der Waals surface area contributed by atoms with Gasteiger partial charge in [0.2, 0.25) is 5.79 Å². The fraction of sp³-hybridized carbons (Fsp3) is 0.755. The van der Waals surface area contributed by atoms with Crippen LogP contribution >= 0.6 is 0 Å². The van der Waals surface area contributed by atoms with E-state index in [9.17, 15) is 39.3 Å². The second-order valence-corrected chi connectivity index (χ2v) is 20.2. The van der Waals surface area contributed by atoms with Gasteiger partial charge in [0.1, 0.15) is 30.1 Å². The number of amides is 1. The van der Waals surface area contributed by atoms with Gasteiger partial charge in [-0.2, -0.15) is 0 Å². The summed E-state index contributed by atoms with van der Waals surface area (Å²) in [5.74, 6) is -7.96. The molecule has 0 aromatic carbocycles. The van der Waals surface area contributed by atoms with E-state index in [4.69, 9.17) is 28.4 Å². The smallest absolute Gasteiger partial charge is 0.329 e. The van der Waals surface area contributed by atoms with Gasteiger partial charge in [0.25, 0.3) is 11.7 Å². The van der Waals surface area contributed by atoms with Crippen LogP contribution in [0.1, 0.15) is 126 Å². The number of aliphatic hydroxyl groups is 3. The van der Waals surface area contributed by atoms with Crippen molar-refractivity contribution >= 4 is 29.2 Å². The monoisotopic (exact) mass is 958 g/mol. The Hall–Kier alpha value is -3.41. The summed E-state index contributed by atoms with van der Waals surface area (Å²) in [5.41, 5.74) is 1.26. The predicted octanol–water partition coefficient (Wildman–Crippen LogP) is 6.20. The van der Waals surface area contributed by atoms with E-state index in [1.807, 2.05) is 58.1 Å². The number of aliphatic hydroxyl groups excluding tert-OH is 2. The zero-order valence-electron chi connectivity index (χ0n) is 42.4. The highest BCUT2D eigenvalue weighted by Crippen LogP contribution is 2.38. The van der Waals surface area contributed by atoms with Crippen LogP contribution in [0.4, 0.5) is 0 Å². The number of cyclic esters (lactones) is 1. The van der Waals surface area contributed by atoms with E-state index >= 15 is 0 Å². The van der Waals surface area contributed by atoms with Gasteiger partial charge < -0.3 is 48.6 Å². The number of hydrogen-bond acceptors (Lipinski definition) is 14. The van der Waals surface area contributed by atoms with E-state index in [1.165, 1.54) is 12.0 Å². The highest BCUT2D eigenvalue weighted by molar-refractivity contribution is 6.39. The molecule has 3 heterocycles. The van der Waals surface area contributed by atoms with Crippen molar-refractivity contribution in [3.8, 4) is 0 Å². The Kier molecular flexibility index (Phi) is 22.9. The standard InChI is InChI=1S/C53H83NO14/c1-32-16-12-11-13-17-33(2)44(63-8)30-40-21-19-38(7)53(62,68-40)50(59)51(60)54-23-15-14-18-41(54)52(61)67-45(35(4)28-39-20-22-43(66-25-24-55)46(29-39)64-9)31-42(56)34(3)27-37(6)48(58)49(65-10)47(57)36(5)26-32/h11-13,16-17,27,32,34-36,38-41,43-46,48-49,55,58,62H,14-15,18-26,28-31H2,1-10H3/b13-11+,16-12-,33-17+,37-27+/t32-,34-,35+,36-,38-,39+,40+,41+,43-,44+,45+,46-,48-,49+,53-/m1/s1.